The predicted molar refractivity (Wildman–Crippen MR) is 269 cm³/mol. The number of hydrogen-bond acceptors (Lipinski definition) is 16. The highest BCUT2D eigenvalue weighted by molar-refractivity contribution is 5.99. The summed E-state index contributed by atoms with van der Waals surface area (Å²) in [6.45, 7) is 14.7. The summed E-state index contributed by atoms with van der Waals surface area (Å²) in [4.78, 5) is 49.2. The number of carbonyl (C=O) groups is 1. The van der Waals surface area contributed by atoms with Crippen molar-refractivity contribution < 1.29 is 31.8 Å². The van der Waals surface area contributed by atoms with E-state index in [1.54, 1.807) is 29.6 Å². The van der Waals surface area contributed by atoms with Crippen LogP contribution in [0.4, 0.5) is 63.3 Å². The van der Waals surface area contributed by atoms with Crippen molar-refractivity contribution in [1.29, 1.82) is 0 Å². The number of fused-ring (bicyclic) bond motifs is 2. The highest BCUT2D eigenvalue weighted by Crippen LogP contribution is 2.39. The number of amides is 1. The summed E-state index contributed by atoms with van der Waals surface area (Å²) < 4.78 is 69.4. The van der Waals surface area contributed by atoms with Gasteiger partial charge in [-0.1, -0.05) is 0 Å². The average molecular weight is 987 g/mol. The molecule has 17 nitrogen and oxygen atoms in total. The van der Waals surface area contributed by atoms with Gasteiger partial charge in [-0.2, -0.15) is 0 Å². The monoisotopic (exact) mass is 986 g/mol. The van der Waals surface area contributed by atoms with Crippen LogP contribution in [0.25, 0.3) is 21.8 Å². The topological polar surface area (TPSA) is 165 Å². The Balaban J connectivity index is 0.000000170. The van der Waals surface area contributed by atoms with Crippen LogP contribution in [-0.4, -0.2) is 146 Å². The zero-order valence-corrected chi connectivity index (χ0v) is 40.0. The van der Waals surface area contributed by atoms with Crippen molar-refractivity contribution in [2.75, 3.05) is 135 Å². The van der Waals surface area contributed by atoms with Crippen molar-refractivity contribution in [2.24, 2.45) is 0 Å². The Hall–Kier alpha value is -7.49. The van der Waals surface area contributed by atoms with Crippen molar-refractivity contribution in [2.45, 2.75) is 13.8 Å². The summed E-state index contributed by atoms with van der Waals surface area (Å²) in [6, 6.07) is 9.85. The van der Waals surface area contributed by atoms with Gasteiger partial charge in [0.1, 0.15) is 46.9 Å². The third-order valence-electron chi connectivity index (χ3n) is 13.3. The summed E-state index contributed by atoms with van der Waals surface area (Å²) in [6.07, 6.45) is 9.88. The van der Waals surface area contributed by atoms with E-state index in [1.165, 1.54) is 24.7 Å². The first-order valence-electron chi connectivity index (χ1n) is 24.0. The van der Waals surface area contributed by atoms with Crippen LogP contribution >= 0.6 is 0 Å². The molecule has 4 aliphatic rings. The number of rotatable bonds is 9. The van der Waals surface area contributed by atoms with E-state index in [1.807, 2.05) is 37.1 Å². The van der Waals surface area contributed by atoms with Crippen LogP contribution in [0, 0.1) is 37.1 Å². The molecule has 72 heavy (non-hydrogen) atoms. The molecular formula is C51H54F4N14O3. The summed E-state index contributed by atoms with van der Waals surface area (Å²) in [5, 5.41) is 10.5. The highest BCUT2D eigenvalue weighted by atomic mass is 19.1. The Morgan fingerprint density at radius 2 is 1.07 bits per heavy atom. The van der Waals surface area contributed by atoms with Crippen molar-refractivity contribution in [3.8, 4) is 0 Å². The molecule has 0 radical (unpaired) electrons. The number of halogens is 4. The fourth-order valence-corrected chi connectivity index (χ4v) is 9.56. The smallest absolute Gasteiger partial charge is 0.272 e. The van der Waals surface area contributed by atoms with Gasteiger partial charge in [0.2, 0.25) is 0 Å². The first-order chi connectivity index (χ1) is 35.1. The number of benzene rings is 2. The van der Waals surface area contributed by atoms with Crippen molar-refractivity contribution in [3.63, 3.8) is 0 Å². The number of pyridine rings is 4. The zero-order valence-electron chi connectivity index (χ0n) is 40.0. The fourth-order valence-electron chi connectivity index (χ4n) is 9.56. The van der Waals surface area contributed by atoms with Crippen LogP contribution in [0.5, 0.6) is 0 Å². The highest BCUT2D eigenvalue weighted by Gasteiger charge is 2.28. The van der Waals surface area contributed by atoms with Gasteiger partial charge in [0.25, 0.3) is 5.91 Å². The van der Waals surface area contributed by atoms with Gasteiger partial charge in [-0.15, -0.1) is 0 Å². The standard InChI is InChI=1S/C28H28F2N8O2.C23H26F2N6O/c1-18-26(34-20-14-21(16-32-15-20)36-8-10-40-11-9-36)25-22(30)12-19(29)13-24(25)35-27(18)37-4-6-38(7-5-37)28(39)23-2-3-31-17-33-23;1-15-22(28-17-12-18(14-27-13-17)30-6-8-32-9-7-30)21-19(25)10-16(24)11-20(21)29-23(15)31-4-2-26-3-5-31/h2-3,12-17H,4-11H2,1H3,(H,34,35);10-14,26H,2-9H2,1H3,(H,28,29). The molecule has 374 valence electrons. The molecule has 4 saturated heterocycles. The number of ether oxygens (including phenoxy) is 2. The molecule has 0 saturated carbocycles. The number of piperazine rings is 2. The lowest BCUT2D eigenvalue weighted by molar-refractivity contribution is 0.0740. The lowest BCUT2D eigenvalue weighted by atomic mass is 10.1. The van der Waals surface area contributed by atoms with Crippen LogP contribution in [0.15, 0.2) is 79.8 Å². The Bertz CT molecular complexity index is 3080. The SMILES string of the molecule is Cc1c(N2CCN(C(=O)c3ccncn3)CC2)nc2cc(F)cc(F)c2c1Nc1cncc(N2CCOCC2)c1.Cc1c(N2CCNCC2)nc2cc(F)cc(F)c2c1Nc1cncc(N2CCOCC2)c1. The molecule has 4 fully saturated rings. The van der Waals surface area contributed by atoms with E-state index in [2.05, 4.69) is 60.6 Å². The van der Waals surface area contributed by atoms with E-state index in [4.69, 9.17) is 9.47 Å². The van der Waals surface area contributed by atoms with Crippen molar-refractivity contribution in [3.05, 3.63) is 120 Å². The summed E-state index contributed by atoms with van der Waals surface area (Å²) in [7, 11) is 0. The van der Waals surface area contributed by atoms with E-state index in [0.717, 1.165) is 92.9 Å². The Kier molecular flexibility index (Phi) is 14.4. The van der Waals surface area contributed by atoms with Gasteiger partial charge >= 0.3 is 0 Å². The van der Waals surface area contributed by atoms with Gasteiger partial charge in [0, 0.05) is 120 Å². The number of morpholine rings is 2. The maximum atomic E-state index is 15.2. The van der Waals surface area contributed by atoms with Gasteiger partial charge in [-0.25, -0.2) is 37.5 Å². The Labute approximate surface area is 413 Å². The molecule has 0 atom stereocenters. The van der Waals surface area contributed by atoms with E-state index in [0.29, 0.717) is 92.3 Å². The second kappa shape index (κ2) is 21.5. The second-order valence-corrected chi connectivity index (χ2v) is 17.9. The molecular weight excluding hydrogens is 933 g/mol. The zero-order chi connectivity index (χ0) is 49.7. The lowest BCUT2D eigenvalue weighted by Gasteiger charge is -2.36. The van der Waals surface area contributed by atoms with Crippen LogP contribution in [0.2, 0.25) is 0 Å². The Morgan fingerprint density at radius 3 is 1.54 bits per heavy atom. The molecule has 21 heteroatoms. The molecule has 0 unspecified atom stereocenters. The van der Waals surface area contributed by atoms with Gasteiger partial charge in [-0.05, 0) is 32.0 Å². The molecule has 11 rings (SSSR count). The lowest BCUT2D eigenvalue weighted by Crippen LogP contribution is -2.49. The van der Waals surface area contributed by atoms with Gasteiger partial charge in [-0.3, -0.25) is 14.8 Å². The Morgan fingerprint density at radius 1 is 0.583 bits per heavy atom. The molecule has 1 amide bonds. The molecule has 0 bridgehead atoms. The average Bonchev–Trinajstić information content (AvgIpc) is 3.41. The minimum Gasteiger partial charge on any atom is -0.378 e. The minimum absolute atomic E-state index is 0.163. The first-order valence-corrected chi connectivity index (χ1v) is 24.0. The number of hydrogen-bond donors (Lipinski definition) is 3. The van der Waals surface area contributed by atoms with Crippen molar-refractivity contribution >= 4 is 73.5 Å². The number of anilines is 8. The van der Waals surface area contributed by atoms with Crippen LogP contribution in [0.1, 0.15) is 21.6 Å². The molecule has 7 aromatic rings. The molecule has 0 spiro atoms. The molecule has 3 N–H and O–H groups in total. The van der Waals surface area contributed by atoms with E-state index < -0.39 is 23.3 Å². The van der Waals surface area contributed by atoms with Crippen LogP contribution < -0.4 is 35.6 Å². The van der Waals surface area contributed by atoms with E-state index in [-0.39, 0.29) is 22.2 Å². The first kappa shape index (κ1) is 48.2. The maximum absolute atomic E-state index is 15.2. The number of nitrogens with one attached hydrogen (secondary N) is 3. The third kappa shape index (κ3) is 10.4. The number of carbonyl (C=O) groups excluding carboxylic acids is 1. The summed E-state index contributed by atoms with van der Waals surface area (Å²) in [5.41, 5.74) is 6.78. The second-order valence-electron chi connectivity index (χ2n) is 17.9. The quantitative estimate of drug-likeness (QED) is 0.130. The van der Waals surface area contributed by atoms with Gasteiger partial charge in [0.05, 0.1) is 107 Å². The maximum Gasteiger partial charge on any atom is 0.272 e. The minimum atomic E-state index is -0.700. The van der Waals surface area contributed by atoms with Crippen LogP contribution in [-0.2, 0) is 9.47 Å². The predicted octanol–water partition coefficient (Wildman–Crippen LogP) is 6.76. The normalized spacial score (nSPS) is 16.4. The summed E-state index contributed by atoms with van der Waals surface area (Å²) in [5.74, 6) is -1.49. The largest absolute Gasteiger partial charge is 0.378 e. The molecule has 0 aliphatic carbocycles. The van der Waals surface area contributed by atoms with Gasteiger partial charge < -0.3 is 49.9 Å². The molecule has 9 heterocycles. The number of aromatic nitrogens is 6. The van der Waals surface area contributed by atoms with E-state index >= 15 is 4.39 Å². The number of nitrogens with zero attached hydrogens (tertiary/aromatic N) is 11. The third-order valence-corrected chi connectivity index (χ3v) is 13.3. The summed E-state index contributed by atoms with van der Waals surface area (Å²) >= 11 is 0. The molecule has 5 aromatic heterocycles. The van der Waals surface area contributed by atoms with Gasteiger partial charge in [0.15, 0.2) is 0 Å². The van der Waals surface area contributed by atoms with E-state index in [9.17, 15) is 18.0 Å². The van der Waals surface area contributed by atoms with Crippen molar-refractivity contribution in [1.82, 2.24) is 40.1 Å². The molecule has 2 aromatic carbocycles. The fraction of sp³-hybridized carbons (Fsp3) is 0.353. The van der Waals surface area contributed by atoms with Crippen LogP contribution in [0.3, 0.4) is 0 Å². The molecule has 4 aliphatic heterocycles.